The van der Waals surface area contributed by atoms with E-state index in [1.165, 1.54) is 0 Å². The average molecular weight is 272 g/mol. The van der Waals surface area contributed by atoms with Crippen LogP contribution in [0.5, 0.6) is 0 Å². The maximum Gasteiger partial charge on any atom is 0.314 e. The minimum absolute atomic E-state index is 0.143. The van der Waals surface area contributed by atoms with E-state index in [0.29, 0.717) is 25.4 Å². The maximum absolute atomic E-state index is 11.5. The van der Waals surface area contributed by atoms with E-state index in [9.17, 15) is 9.59 Å². The summed E-state index contributed by atoms with van der Waals surface area (Å²) in [6.45, 7) is 4.60. The molecule has 0 aromatic carbocycles. The van der Waals surface area contributed by atoms with E-state index in [-0.39, 0.29) is 18.4 Å². The monoisotopic (exact) mass is 272 g/mol. The number of amides is 2. The molecule has 2 atom stereocenters. The molecule has 1 saturated heterocycles. The van der Waals surface area contributed by atoms with Crippen LogP contribution < -0.4 is 10.6 Å². The van der Waals surface area contributed by atoms with Crippen molar-refractivity contribution in [2.75, 3.05) is 26.3 Å². The lowest BCUT2D eigenvalue weighted by Crippen LogP contribution is -2.41. The van der Waals surface area contributed by atoms with Gasteiger partial charge in [0.2, 0.25) is 0 Å². The first-order valence-electron chi connectivity index (χ1n) is 6.89. The van der Waals surface area contributed by atoms with E-state index in [4.69, 9.17) is 9.84 Å². The number of carboxylic acids is 1. The molecule has 0 bridgehead atoms. The summed E-state index contributed by atoms with van der Waals surface area (Å²) in [4.78, 5) is 22.0. The first kappa shape index (κ1) is 15.8. The largest absolute Gasteiger partial charge is 0.481 e. The second kappa shape index (κ2) is 8.74. The predicted molar refractivity (Wildman–Crippen MR) is 71.0 cm³/mol. The van der Waals surface area contributed by atoms with Gasteiger partial charge in [-0.15, -0.1) is 0 Å². The smallest absolute Gasteiger partial charge is 0.314 e. The van der Waals surface area contributed by atoms with Crippen molar-refractivity contribution in [2.24, 2.45) is 11.8 Å². The summed E-state index contributed by atoms with van der Waals surface area (Å²) in [6.07, 6.45) is 2.87. The molecule has 0 saturated carbocycles. The van der Waals surface area contributed by atoms with E-state index in [2.05, 4.69) is 10.6 Å². The first-order valence-corrected chi connectivity index (χ1v) is 6.89. The molecule has 0 radical (unpaired) electrons. The molecule has 19 heavy (non-hydrogen) atoms. The molecular weight excluding hydrogens is 248 g/mol. The van der Waals surface area contributed by atoms with Gasteiger partial charge in [-0.25, -0.2) is 4.79 Å². The highest BCUT2D eigenvalue weighted by molar-refractivity contribution is 5.73. The molecular formula is C13H24N2O4. The van der Waals surface area contributed by atoms with Crippen LogP contribution in [0, 0.1) is 11.8 Å². The highest BCUT2D eigenvalue weighted by atomic mass is 16.5. The quantitative estimate of drug-likeness (QED) is 0.650. The van der Waals surface area contributed by atoms with Gasteiger partial charge >= 0.3 is 12.0 Å². The SMILES string of the molecule is CC(CCC(=O)O)CNC(=O)NCC1CCCOC1. The second-order valence-electron chi connectivity index (χ2n) is 5.21. The van der Waals surface area contributed by atoms with Crippen LogP contribution in [0.15, 0.2) is 0 Å². The highest BCUT2D eigenvalue weighted by Crippen LogP contribution is 2.11. The normalized spacial score (nSPS) is 20.6. The number of ether oxygens (including phenoxy) is 1. The molecule has 1 aliphatic rings. The molecule has 1 aliphatic heterocycles. The third kappa shape index (κ3) is 7.66. The first-order chi connectivity index (χ1) is 9.08. The summed E-state index contributed by atoms with van der Waals surface area (Å²) in [7, 11) is 0. The molecule has 2 amide bonds. The molecule has 0 spiro atoms. The van der Waals surface area contributed by atoms with E-state index in [1.54, 1.807) is 0 Å². The minimum Gasteiger partial charge on any atom is -0.481 e. The Morgan fingerprint density at radius 2 is 2.21 bits per heavy atom. The average Bonchev–Trinajstić information content (AvgIpc) is 2.41. The van der Waals surface area contributed by atoms with E-state index in [0.717, 1.165) is 26.1 Å². The lowest BCUT2D eigenvalue weighted by Gasteiger charge is -2.22. The fraction of sp³-hybridized carbons (Fsp3) is 0.846. The van der Waals surface area contributed by atoms with Crippen molar-refractivity contribution in [3.63, 3.8) is 0 Å². The Morgan fingerprint density at radius 1 is 1.42 bits per heavy atom. The van der Waals surface area contributed by atoms with Crippen LogP contribution in [-0.2, 0) is 9.53 Å². The number of carboxylic acid groups (broad SMARTS) is 1. The Balaban J connectivity index is 2.05. The fourth-order valence-corrected chi connectivity index (χ4v) is 2.01. The molecule has 0 aromatic rings. The molecule has 110 valence electrons. The number of hydrogen-bond donors (Lipinski definition) is 3. The Labute approximate surface area is 113 Å². The molecule has 6 heteroatoms. The summed E-state index contributed by atoms with van der Waals surface area (Å²) in [5.41, 5.74) is 0. The van der Waals surface area contributed by atoms with Crippen LogP contribution in [-0.4, -0.2) is 43.4 Å². The summed E-state index contributed by atoms with van der Waals surface area (Å²) >= 11 is 0. The van der Waals surface area contributed by atoms with Crippen molar-refractivity contribution >= 4 is 12.0 Å². The van der Waals surface area contributed by atoms with E-state index < -0.39 is 5.97 Å². The lowest BCUT2D eigenvalue weighted by atomic mass is 10.0. The molecule has 2 unspecified atom stereocenters. The molecule has 1 fully saturated rings. The third-order valence-corrected chi connectivity index (χ3v) is 3.27. The van der Waals surface area contributed by atoms with Gasteiger partial charge in [0.25, 0.3) is 0 Å². The van der Waals surface area contributed by atoms with Crippen LogP contribution in [0.1, 0.15) is 32.6 Å². The van der Waals surface area contributed by atoms with Crippen LogP contribution in [0.3, 0.4) is 0 Å². The van der Waals surface area contributed by atoms with Gasteiger partial charge in [-0.3, -0.25) is 4.79 Å². The zero-order valence-electron chi connectivity index (χ0n) is 11.5. The summed E-state index contributed by atoms with van der Waals surface area (Å²) < 4.78 is 5.34. The number of carbonyl (C=O) groups excluding carboxylic acids is 1. The maximum atomic E-state index is 11.5. The van der Waals surface area contributed by atoms with Crippen molar-refractivity contribution in [3.05, 3.63) is 0 Å². The van der Waals surface area contributed by atoms with E-state index >= 15 is 0 Å². The van der Waals surface area contributed by atoms with Gasteiger partial charge in [-0.1, -0.05) is 6.92 Å². The highest BCUT2D eigenvalue weighted by Gasteiger charge is 2.14. The number of hydrogen-bond acceptors (Lipinski definition) is 3. The van der Waals surface area contributed by atoms with Crippen LogP contribution in [0.25, 0.3) is 0 Å². The molecule has 6 nitrogen and oxygen atoms in total. The van der Waals surface area contributed by atoms with Crippen LogP contribution in [0.2, 0.25) is 0 Å². The van der Waals surface area contributed by atoms with Gasteiger partial charge < -0.3 is 20.5 Å². The number of carbonyl (C=O) groups is 2. The zero-order chi connectivity index (χ0) is 14.1. The van der Waals surface area contributed by atoms with Crippen molar-refractivity contribution in [2.45, 2.75) is 32.6 Å². The summed E-state index contributed by atoms with van der Waals surface area (Å²) in [6, 6.07) is -0.187. The number of aliphatic carboxylic acids is 1. The van der Waals surface area contributed by atoms with Gasteiger partial charge in [0.1, 0.15) is 0 Å². The van der Waals surface area contributed by atoms with Crippen LogP contribution in [0.4, 0.5) is 4.79 Å². The number of nitrogens with one attached hydrogen (secondary N) is 2. The van der Waals surface area contributed by atoms with Gasteiger partial charge in [0.15, 0.2) is 0 Å². The lowest BCUT2D eigenvalue weighted by molar-refractivity contribution is -0.137. The van der Waals surface area contributed by atoms with Gasteiger partial charge in [-0.05, 0) is 31.1 Å². The van der Waals surface area contributed by atoms with Crippen molar-refractivity contribution < 1.29 is 19.4 Å². The van der Waals surface area contributed by atoms with Gasteiger partial charge in [0, 0.05) is 26.1 Å². The minimum atomic E-state index is -0.798. The van der Waals surface area contributed by atoms with Gasteiger partial charge in [-0.2, -0.15) is 0 Å². The molecule has 3 N–H and O–H groups in total. The predicted octanol–water partition coefficient (Wildman–Crippen LogP) is 1.21. The van der Waals surface area contributed by atoms with Gasteiger partial charge in [0.05, 0.1) is 6.61 Å². The summed E-state index contributed by atoms with van der Waals surface area (Å²) in [5, 5.41) is 14.1. The molecule has 0 aliphatic carbocycles. The molecule has 0 aromatic heterocycles. The van der Waals surface area contributed by atoms with Crippen molar-refractivity contribution in [3.8, 4) is 0 Å². The summed E-state index contributed by atoms with van der Waals surface area (Å²) in [5.74, 6) is -0.225. The third-order valence-electron chi connectivity index (χ3n) is 3.27. The van der Waals surface area contributed by atoms with Crippen LogP contribution >= 0.6 is 0 Å². The second-order valence-corrected chi connectivity index (χ2v) is 5.21. The zero-order valence-corrected chi connectivity index (χ0v) is 11.5. The topological polar surface area (TPSA) is 87.7 Å². The molecule has 1 rings (SSSR count). The number of urea groups is 1. The Bertz CT molecular complexity index is 290. The van der Waals surface area contributed by atoms with Crippen molar-refractivity contribution in [1.29, 1.82) is 0 Å². The van der Waals surface area contributed by atoms with E-state index in [1.807, 2.05) is 6.92 Å². The Hall–Kier alpha value is -1.30. The standard InChI is InChI=1S/C13H24N2O4/c1-10(4-5-12(16)17)7-14-13(18)15-8-11-3-2-6-19-9-11/h10-11H,2-9H2,1H3,(H,16,17)(H2,14,15,18). The Kier molecular flexibility index (Phi) is 7.25. The Morgan fingerprint density at radius 3 is 2.84 bits per heavy atom. The molecule has 1 heterocycles. The van der Waals surface area contributed by atoms with Crippen molar-refractivity contribution in [1.82, 2.24) is 10.6 Å². The fourth-order valence-electron chi connectivity index (χ4n) is 2.01. The number of rotatable bonds is 7.